The molecule has 0 bridgehead atoms. The van der Waals surface area contributed by atoms with Gasteiger partial charge >= 0.3 is 0 Å². The minimum Gasteiger partial charge on any atom is -0.495 e. The van der Waals surface area contributed by atoms with E-state index in [9.17, 15) is 4.79 Å². The van der Waals surface area contributed by atoms with Crippen LogP contribution in [0, 0.1) is 0 Å². The van der Waals surface area contributed by atoms with Crippen molar-refractivity contribution in [3.8, 4) is 11.5 Å². The van der Waals surface area contributed by atoms with E-state index in [0.717, 1.165) is 5.69 Å². The number of anilines is 1. The summed E-state index contributed by atoms with van der Waals surface area (Å²) in [7, 11) is 3.09. The predicted molar refractivity (Wildman–Crippen MR) is 89.3 cm³/mol. The van der Waals surface area contributed by atoms with Gasteiger partial charge in [0, 0.05) is 16.9 Å². The molecule has 0 atom stereocenters. The molecule has 0 spiro atoms. The molecular weight excluding hydrogens is 368 g/mol. The van der Waals surface area contributed by atoms with Gasteiger partial charge in [-0.2, -0.15) is 0 Å². The maximum Gasteiger partial charge on any atom is 0.257 e. The molecule has 1 aliphatic carbocycles. The molecule has 1 heterocycles. The van der Waals surface area contributed by atoms with Crippen LogP contribution in [-0.4, -0.2) is 25.1 Å². The number of rotatable bonds is 5. The molecule has 1 fully saturated rings. The van der Waals surface area contributed by atoms with Crippen LogP contribution < -0.4 is 14.8 Å². The summed E-state index contributed by atoms with van der Waals surface area (Å²) in [4.78, 5) is 16.8. The zero-order valence-corrected chi connectivity index (χ0v) is 14.6. The van der Waals surface area contributed by atoms with E-state index >= 15 is 0 Å². The van der Waals surface area contributed by atoms with Crippen molar-refractivity contribution in [2.24, 2.45) is 0 Å². The molecule has 7 heteroatoms. The van der Waals surface area contributed by atoms with Crippen molar-refractivity contribution < 1.29 is 14.3 Å². The van der Waals surface area contributed by atoms with Gasteiger partial charge in [-0.3, -0.25) is 10.1 Å². The molecule has 3 rings (SSSR count). The van der Waals surface area contributed by atoms with Gasteiger partial charge in [-0.05, 0) is 40.9 Å². The Bertz CT molecular complexity index is 688. The van der Waals surface area contributed by atoms with Gasteiger partial charge in [-0.25, -0.2) is 4.98 Å². The molecular formula is C15H15BrN2O3S. The van der Waals surface area contributed by atoms with Crippen LogP contribution in [0.15, 0.2) is 22.0 Å². The van der Waals surface area contributed by atoms with Crippen molar-refractivity contribution in [1.29, 1.82) is 0 Å². The van der Waals surface area contributed by atoms with Gasteiger partial charge in [0.25, 0.3) is 5.91 Å². The lowest BCUT2D eigenvalue weighted by molar-refractivity contribution is 0.102. The minimum absolute atomic E-state index is 0.235. The zero-order valence-electron chi connectivity index (χ0n) is 12.2. The van der Waals surface area contributed by atoms with Gasteiger partial charge in [0.15, 0.2) is 5.13 Å². The second-order valence-electron chi connectivity index (χ2n) is 5.00. The van der Waals surface area contributed by atoms with Crippen LogP contribution in [0.25, 0.3) is 0 Å². The van der Waals surface area contributed by atoms with E-state index in [1.165, 1.54) is 24.2 Å². The maximum absolute atomic E-state index is 12.4. The molecule has 22 heavy (non-hydrogen) atoms. The highest BCUT2D eigenvalue weighted by Crippen LogP contribution is 2.41. The lowest BCUT2D eigenvalue weighted by Crippen LogP contribution is -2.12. The molecule has 1 aromatic carbocycles. The third kappa shape index (κ3) is 3.10. The quantitative estimate of drug-likeness (QED) is 0.846. The van der Waals surface area contributed by atoms with Crippen LogP contribution >= 0.6 is 27.3 Å². The minimum atomic E-state index is -0.235. The first-order chi connectivity index (χ1) is 10.6. The highest BCUT2D eigenvalue weighted by atomic mass is 79.9. The van der Waals surface area contributed by atoms with Crippen LogP contribution in [0.2, 0.25) is 0 Å². The van der Waals surface area contributed by atoms with Gasteiger partial charge in [0.2, 0.25) is 0 Å². The van der Waals surface area contributed by atoms with E-state index in [-0.39, 0.29) is 5.91 Å². The van der Waals surface area contributed by atoms with E-state index in [4.69, 9.17) is 9.47 Å². The summed E-state index contributed by atoms with van der Waals surface area (Å²) in [5.74, 6) is 1.43. The van der Waals surface area contributed by atoms with E-state index in [0.29, 0.717) is 32.6 Å². The first-order valence-corrected chi connectivity index (χ1v) is 8.48. The van der Waals surface area contributed by atoms with Crippen LogP contribution in [0.1, 0.15) is 34.8 Å². The Morgan fingerprint density at radius 2 is 1.95 bits per heavy atom. The topological polar surface area (TPSA) is 60.5 Å². The standard InChI is InChI=1S/C15H15BrN2O3S/c1-20-11-5-9(6-12(21-2)13(11)16)14(19)18-15-17-10(7-22-15)8-3-4-8/h5-8H,3-4H2,1-2H3,(H,17,18,19). The molecule has 0 radical (unpaired) electrons. The Morgan fingerprint density at radius 3 is 2.50 bits per heavy atom. The SMILES string of the molecule is COc1cc(C(=O)Nc2nc(C3CC3)cs2)cc(OC)c1Br. The fourth-order valence-corrected chi connectivity index (χ4v) is 3.42. The second-order valence-corrected chi connectivity index (χ2v) is 6.65. The number of nitrogens with one attached hydrogen (secondary N) is 1. The third-order valence-electron chi connectivity index (χ3n) is 3.45. The number of carbonyl (C=O) groups excluding carboxylic acids is 1. The molecule has 5 nitrogen and oxygen atoms in total. The summed E-state index contributed by atoms with van der Waals surface area (Å²) >= 11 is 4.84. The van der Waals surface area contributed by atoms with Crippen LogP contribution in [0.5, 0.6) is 11.5 Å². The van der Waals surface area contributed by atoms with Gasteiger partial charge in [0.05, 0.1) is 19.9 Å². The Balaban J connectivity index is 1.81. The van der Waals surface area contributed by atoms with Crippen molar-refractivity contribution in [3.05, 3.63) is 33.2 Å². The Kier molecular flexibility index (Phi) is 4.35. The molecule has 1 aliphatic rings. The number of nitrogens with zero attached hydrogens (tertiary/aromatic N) is 1. The predicted octanol–water partition coefficient (Wildman–Crippen LogP) is 4.05. The lowest BCUT2D eigenvalue weighted by Gasteiger charge is -2.11. The highest BCUT2D eigenvalue weighted by Gasteiger charge is 2.26. The van der Waals surface area contributed by atoms with E-state index < -0.39 is 0 Å². The number of ether oxygens (including phenoxy) is 2. The van der Waals surface area contributed by atoms with Gasteiger partial charge in [0.1, 0.15) is 16.0 Å². The third-order valence-corrected chi connectivity index (χ3v) is 5.00. The molecule has 1 saturated carbocycles. The molecule has 2 aromatic rings. The van der Waals surface area contributed by atoms with Gasteiger partial charge in [-0.15, -0.1) is 11.3 Å². The summed E-state index contributed by atoms with van der Waals surface area (Å²) in [6.45, 7) is 0. The van der Waals surface area contributed by atoms with E-state index in [1.54, 1.807) is 26.4 Å². The largest absolute Gasteiger partial charge is 0.495 e. The lowest BCUT2D eigenvalue weighted by atomic mass is 10.2. The number of carbonyl (C=O) groups is 1. The van der Waals surface area contributed by atoms with Crippen molar-refractivity contribution in [2.75, 3.05) is 19.5 Å². The Labute approximate surface area is 140 Å². The average molecular weight is 383 g/mol. The van der Waals surface area contributed by atoms with Crippen molar-refractivity contribution in [3.63, 3.8) is 0 Å². The summed E-state index contributed by atoms with van der Waals surface area (Å²) < 4.78 is 11.2. The fraction of sp³-hybridized carbons (Fsp3) is 0.333. The molecule has 0 aliphatic heterocycles. The number of hydrogen-bond acceptors (Lipinski definition) is 5. The van der Waals surface area contributed by atoms with Crippen LogP contribution in [0.3, 0.4) is 0 Å². The number of amides is 1. The summed E-state index contributed by atoms with van der Waals surface area (Å²) in [5, 5.41) is 5.45. The first-order valence-electron chi connectivity index (χ1n) is 6.80. The Morgan fingerprint density at radius 1 is 1.32 bits per heavy atom. The summed E-state index contributed by atoms with van der Waals surface area (Å²) in [6.07, 6.45) is 2.39. The van der Waals surface area contributed by atoms with Crippen molar-refractivity contribution >= 4 is 38.3 Å². The monoisotopic (exact) mass is 382 g/mol. The zero-order chi connectivity index (χ0) is 15.7. The van der Waals surface area contributed by atoms with E-state index in [2.05, 4.69) is 26.2 Å². The molecule has 116 valence electrons. The van der Waals surface area contributed by atoms with Gasteiger partial charge < -0.3 is 9.47 Å². The van der Waals surface area contributed by atoms with E-state index in [1.807, 2.05) is 5.38 Å². The van der Waals surface area contributed by atoms with Crippen LogP contribution in [-0.2, 0) is 0 Å². The Hall–Kier alpha value is -1.60. The van der Waals surface area contributed by atoms with Crippen molar-refractivity contribution in [1.82, 2.24) is 4.98 Å². The fourth-order valence-electron chi connectivity index (χ4n) is 2.08. The smallest absolute Gasteiger partial charge is 0.257 e. The number of benzene rings is 1. The highest BCUT2D eigenvalue weighted by molar-refractivity contribution is 9.10. The number of aromatic nitrogens is 1. The first kappa shape index (κ1) is 15.3. The average Bonchev–Trinajstić information content (AvgIpc) is 3.27. The number of thiazole rings is 1. The number of methoxy groups -OCH3 is 2. The molecule has 1 N–H and O–H groups in total. The maximum atomic E-state index is 12.4. The second kappa shape index (κ2) is 6.26. The molecule has 0 unspecified atom stereocenters. The molecule has 1 amide bonds. The molecule has 1 aromatic heterocycles. The molecule has 0 saturated heterocycles. The normalized spacial score (nSPS) is 13.8. The van der Waals surface area contributed by atoms with Crippen LogP contribution in [0.4, 0.5) is 5.13 Å². The number of halogens is 1. The van der Waals surface area contributed by atoms with Crippen molar-refractivity contribution in [2.45, 2.75) is 18.8 Å². The van der Waals surface area contributed by atoms with Gasteiger partial charge in [-0.1, -0.05) is 0 Å². The summed E-state index contributed by atoms with van der Waals surface area (Å²) in [5.41, 5.74) is 1.53. The summed E-state index contributed by atoms with van der Waals surface area (Å²) in [6, 6.07) is 3.33. The number of hydrogen-bond donors (Lipinski definition) is 1.